The Hall–Kier alpha value is -1.32. The molecule has 0 unspecified atom stereocenters. The van der Waals surface area contributed by atoms with Gasteiger partial charge in [0, 0.05) is 23.6 Å². The maximum atomic E-state index is 6.19. The number of halogens is 1. The summed E-state index contributed by atoms with van der Waals surface area (Å²) in [6.07, 6.45) is 3.95. The zero-order valence-corrected chi connectivity index (χ0v) is 12.4. The van der Waals surface area contributed by atoms with Crippen molar-refractivity contribution in [2.45, 2.75) is 32.2 Å². The third kappa shape index (κ3) is 2.89. The molecular weight excluding hydrogens is 272 g/mol. The quantitative estimate of drug-likeness (QED) is 0.855. The van der Waals surface area contributed by atoms with Crippen LogP contribution in [0.5, 0.6) is 0 Å². The van der Waals surface area contributed by atoms with Crippen molar-refractivity contribution in [2.24, 2.45) is 0 Å². The third-order valence-electron chi connectivity index (χ3n) is 4.24. The van der Waals surface area contributed by atoms with E-state index in [0.717, 1.165) is 43.2 Å². The van der Waals surface area contributed by atoms with Gasteiger partial charge in [-0.05, 0) is 50.0 Å². The number of piperidine rings is 1. The van der Waals surface area contributed by atoms with Crippen LogP contribution in [0.15, 0.2) is 35.1 Å². The van der Waals surface area contributed by atoms with Gasteiger partial charge in [0.05, 0.1) is 5.69 Å². The lowest BCUT2D eigenvalue weighted by Crippen LogP contribution is -2.32. The van der Waals surface area contributed by atoms with Crippen molar-refractivity contribution in [3.05, 3.63) is 52.4 Å². The SMILES string of the molecule is Cc1c(Cl)cccc1CN1CCC(c2ccon2)CC1. The molecule has 0 N–H and O–H groups in total. The summed E-state index contributed by atoms with van der Waals surface area (Å²) in [6.45, 7) is 5.28. The van der Waals surface area contributed by atoms with E-state index in [1.165, 1.54) is 11.1 Å². The second-order valence-corrected chi connectivity index (χ2v) is 5.91. The highest BCUT2D eigenvalue weighted by molar-refractivity contribution is 6.31. The molecule has 1 aliphatic rings. The molecule has 1 aromatic carbocycles. The Labute approximate surface area is 124 Å². The molecule has 0 amide bonds. The number of benzene rings is 1. The van der Waals surface area contributed by atoms with E-state index in [4.69, 9.17) is 16.1 Å². The second-order valence-electron chi connectivity index (χ2n) is 5.50. The number of hydrogen-bond acceptors (Lipinski definition) is 3. The number of nitrogens with zero attached hydrogens (tertiary/aromatic N) is 2. The molecule has 0 radical (unpaired) electrons. The molecule has 2 heterocycles. The van der Waals surface area contributed by atoms with E-state index >= 15 is 0 Å². The molecule has 0 saturated carbocycles. The van der Waals surface area contributed by atoms with E-state index in [1.54, 1.807) is 6.26 Å². The van der Waals surface area contributed by atoms with Crippen LogP contribution in [0.25, 0.3) is 0 Å². The summed E-state index contributed by atoms with van der Waals surface area (Å²) >= 11 is 6.19. The molecule has 3 nitrogen and oxygen atoms in total. The first-order valence-corrected chi connectivity index (χ1v) is 7.48. The van der Waals surface area contributed by atoms with Crippen LogP contribution in [0.4, 0.5) is 0 Å². The molecule has 1 saturated heterocycles. The van der Waals surface area contributed by atoms with Crippen LogP contribution < -0.4 is 0 Å². The fourth-order valence-electron chi connectivity index (χ4n) is 2.88. The molecule has 1 fully saturated rings. The highest BCUT2D eigenvalue weighted by Crippen LogP contribution is 2.28. The molecule has 1 aromatic heterocycles. The van der Waals surface area contributed by atoms with Crippen LogP contribution in [-0.2, 0) is 6.54 Å². The first kappa shape index (κ1) is 13.7. The number of likely N-dealkylation sites (tertiary alicyclic amines) is 1. The summed E-state index contributed by atoms with van der Waals surface area (Å²) in [7, 11) is 0. The fourth-order valence-corrected chi connectivity index (χ4v) is 3.08. The zero-order valence-electron chi connectivity index (χ0n) is 11.7. The van der Waals surface area contributed by atoms with Gasteiger partial charge in [-0.15, -0.1) is 0 Å². The van der Waals surface area contributed by atoms with E-state index in [0.29, 0.717) is 5.92 Å². The Bertz CT molecular complexity index is 560. The van der Waals surface area contributed by atoms with E-state index in [-0.39, 0.29) is 0 Å². The first-order chi connectivity index (χ1) is 9.74. The molecule has 0 spiro atoms. The van der Waals surface area contributed by atoms with Gasteiger partial charge in [-0.1, -0.05) is 28.9 Å². The average molecular weight is 291 g/mol. The number of hydrogen-bond donors (Lipinski definition) is 0. The maximum absolute atomic E-state index is 6.19. The van der Waals surface area contributed by atoms with Crippen LogP contribution in [-0.4, -0.2) is 23.1 Å². The topological polar surface area (TPSA) is 29.3 Å². The van der Waals surface area contributed by atoms with Crippen LogP contribution in [0.2, 0.25) is 5.02 Å². The van der Waals surface area contributed by atoms with Crippen molar-refractivity contribution in [1.29, 1.82) is 0 Å². The molecule has 0 bridgehead atoms. The lowest BCUT2D eigenvalue weighted by atomic mass is 9.93. The molecule has 0 atom stereocenters. The third-order valence-corrected chi connectivity index (χ3v) is 4.65. The van der Waals surface area contributed by atoms with Gasteiger partial charge in [0.25, 0.3) is 0 Å². The van der Waals surface area contributed by atoms with Gasteiger partial charge in [0.1, 0.15) is 6.26 Å². The van der Waals surface area contributed by atoms with Gasteiger partial charge in [-0.2, -0.15) is 0 Å². The van der Waals surface area contributed by atoms with Crippen molar-refractivity contribution in [2.75, 3.05) is 13.1 Å². The highest BCUT2D eigenvalue weighted by Gasteiger charge is 2.22. The summed E-state index contributed by atoms with van der Waals surface area (Å²) in [5, 5.41) is 4.92. The molecule has 3 rings (SSSR count). The molecule has 2 aromatic rings. The molecule has 1 aliphatic heterocycles. The predicted octanol–water partition coefficient (Wildman–Crippen LogP) is 4.02. The molecule has 20 heavy (non-hydrogen) atoms. The monoisotopic (exact) mass is 290 g/mol. The van der Waals surface area contributed by atoms with E-state index in [1.807, 2.05) is 18.2 Å². The summed E-state index contributed by atoms with van der Waals surface area (Å²) in [4.78, 5) is 2.50. The lowest BCUT2D eigenvalue weighted by molar-refractivity contribution is 0.201. The first-order valence-electron chi connectivity index (χ1n) is 7.10. The summed E-state index contributed by atoms with van der Waals surface area (Å²) in [5.74, 6) is 0.547. The van der Waals surface area contributed by atoms with Gasteiger partial charge in [-0.25, -0.2) is 0 Å². The van der Waals surface area contributed by atoms with Crippen molar-refractivity contribution in [3.8, 4) is 0 Å². The van der Waals surface area contributed by atoms with E-state index < -0.39 is 0 Å². The summed E-state index contributed by atoms with van der Waals surface area (Å²) in [6, 6.07) is 8.15. The minimum absolute atomic E-state index is 0.547. The molecule has 106 valence electrons. The minimum atomic E-state index is 0.547. The minimum Gasteiger partial charge on any atom is -0.365 e. The van der Waals surface area contributed by atoms with Gasteiger partial charge in [0.2, 0.25) is 0 Å². The highest BCUT2D eigenvalue weighted by atomic mass is 35.5. The van der Waals surface area contributed by atoms with Gasteiger partial charge in [-0.3, -0.25) is 4.90 Å². The Morgan fingerprint density at radius 3 is 2.80 bits per heavy atom. The average Bonchev–Trinajstić information content (AvgIpc) is 2.99. The van der Waals surface area contributed by atoms with Crippen molar-refractivity contribution < 1.29 is 4.52 Å². The Morgan fingerprint density at radius 1 is 1.30 bits per heavy atom. The summed E-state index contributed by atoms with van der Waals surface area (Å²) in [5.41, 5.74) is 3.63. The van der Waals surface area contributed by atoms with Gasteiger partial charge < -0.3 is 4.52 Å². The number of aromatic nitrogens is 1. The van der Waals surface area contributed by atoms with E-state index in [2.05, 4.69) is 23.0 Å². The Balaban J connectivity index is 1.60. The zero-order chi connectivity index (χ0) is 13.9. The van der Waals surface area contributed by atoms with Crippen molar-refractivity contribution in [3.63, 3.8) is 0 Å². The molecule has 0 aliphatic carbocycles. The lowest BCUT2D eigenvalue weighted by Gasteiger charge is -2.31. The van der Waals surface area contributed by atoms with Gasteiger partial charge >= 0.3 is 0 Å². The van der Waals surface area contributed by atoms with Crippen LogP contribution in [0, 0.1) is 6.92 Å². The predicted molar refractivity (Wildman–Crippen MR) is 79.9 cm³/mol. The Kier molecular flexibility index (Phi) is 4.08. The number of rotatable bonds is 3. The van der Waals surface area contributed by atoms with Crippen LogP contribution >= 0.6 is 11.6 Å². The standard InChI is InChI=1S/C16H19ClN2O/c1-12-14(3-2-4-15(12)17)11-19-8-5-13(6-9-19)16-7-10-20-18-16/h2-4,7,10,13H,5-6,8-9,11H2,1H3. The largest absolute Gasteiger partial charge is 0.365 e. The maximum Gasteiger partial charge on any atom is 0.124 e. The Morgan fingerprint density at radius 2 is 2.10 bits per heavy atom. The van der Waals surface area contributed by atoms with Crippen molar-refractivity contribution >= 4 is 11.6 Å². The fraction of sp³-hybridized carbons (Fsp3) is 0.438. The smallest absolute Gasteiger partial charge is 0.124 e. The second kappa shape index (κ2) is 5.98. The van der Waals surface area contributed by atoms with Crippen molar-refractivity contribution in [1.82, 2.24) is 10.1 Å². The van der Waals surface area contributed by atoms with Gasteiger partial charge in [0.15, 0.2) is 0 Å². The van der Waals surface area contributed by atoms with Crippen LogP contribution in [0.3, 0.4) is 0 Å². The van der Waals surface area contributed by atoms with E-state index in [9.17, 15) is 0 Å². The molecular formula is C16H19ClN2O. The molecule has 4 heteroatoms. The summed E-state index contributed by atoms with van der Waals surface area (Å²) < 4.78 is 4.94. The normalized spacial score (nSPS) is 17.5. The van der Waals surface area contributed by atoms with Crippen LogP contribution in [0.1, 0.15) is 35.6 Å².